The highest BCUT2D eigenvalue weighted by atomic mass is 32.1. The van der Waals surface area contributed by atoms with Gasteiger partial charge in [0.1, 0.15) is 23.4 Å². The number of thiazole rings is 1. The second-order valence-electron chi connectivity index (χ2n) is 11.3. The third-order valence-electron chi connectivity index (χ3n) is 7.50. The molecule has 1 amide bonds. The Labute approximate surface area is 236 Å². The van der Waals surface area contributed by atoms with Gasteiger partial charge in [-0.05, 0) is 65.4 Å². The number of benzene rings is 3. The highest BCUT2D eigenvalue weighted by Gasteiger charge is 2.48. The van der Waals surface area contributed by atoms with Crippen molar-refractivity contribution in [3.63, 3.8) is 0 Å². The van der Waals surface area contributed by atoms with Crippen molar-refractivity contribution < 1.29 is 24.2 Å². The summed E-state index contributed by atoms with van der Waals surface area (Å²) in [5.41, 5.74) is 3.92. The summed E-state index contributed by atoms with van der Waals surface area (Å²) in [4.78, 5) is 33.4. The molecule has 7 nitrogen and oxygen atoms in total. The maximum absolute atomic E-state index is 13.6. The number of ketones is 1. The van der Waals surface area contributed by atoms with Gasteiger partial charge in [0.05, 0.1) is 28.9 Å². The molecule has 4 aromatic rings. The molecular formula is C32H30N2O5S. The molecule has 1 aromatic heterocycles. The maximum atomic E-state index is 13.6. The van der Waals surface area contributed by atoms with E-state index in [0.29, 0.717) is 33.9 Å². The first-order valence-corrected chi connectivity index (χ1v) is 14.0. The van der Waals surface area contributed by atoms with Gasteiger partial charge < -0.3 is 14.6 Å². The minimum atomic E-state index is -0.847. The van der Waals surface area contributed by atoms with Crippen LogP contribution < -0.4 is 14.4 Å². The Hall–Kier alpha value is -4.17. The summed E-state index contributed by atoms with van der Waals surface area (Å²) >= 11 is 1.30. The van der Waals surface area contributed by atoms with Crippen molar-refractivity contribution in [3.05, 3.63) is 88.5 Å². The number of hydrogen-bond acceptors (Lipinski definition) is 7. The fraction of sp³-hybridized carbons (Fsp3) is 0.281. The summed E-state index contributed by atoms with van der Waals surface area (Å²) in [7, 11) is 1.59. The van der Waals surface area contributed by atoms with Gasteiger partial charge in [-0.2, -0.15) is 0 Å². The van der Waals surface area contributed by atoms with Crippen molar-refractivity contribution in [2.24, 2.45) is 0 Å². The molecule has 3 aromatic carbocycles. The molecule has 0 spiro atoms. The summed E-state index contributed by atoms with van der Waals surface area (Å²) in [6, 6.07) is 17.9. The Balaban J connectivity index is 1.52. The smallest absolute Gasteiger partial charge is 0.301 e. The van der Waals surface area contributed by atoms with Crippen molar-refractivity contribution in [2.45, 2.75) is 51.7 Å². The molecule has 6 rings (SSSR count). The fourth-order valence-corrected chi connectivity index (χ4v) is 6.38. The van der Waals surface area contributed by atoms with Crippen LogP contribution in [0, 0.1) is 0 Å². The second-order valence-corrected chi connectivity index (χ2v) is 12.3. The average molecular weight is 555 g/mol. The predicted molar refractivity (Wildman–Crippen MR) is 156 cm³/mol. The first kappa shape index (κ1) is 26.1. The standard InChI is InChI=1S/C32H30N2O5S/c1-17-14-20-15-19(8-13-24(20)39-17)28(35)26-27(18-6-9-21(10-7-18)32(2,3)4)34(30(37)29(26)36)31-33-23-12-11-22(38-5)16-25(23)40-31/h6-13,15-17,27,35H,14H2,1-5H3/t17-,27-/m0/s1. The molecule has 1 saturated heterocycles. The zero-order chi connectivity index (χ0) is 28.3. The Kier molecular flexibility index (Phi) is 6.18. The van der Waals surface area contributed by atoms with E-state index < -0.39 is 17.7 Å². The summed E-state index contributed by atoms with van der Waals surface area (Å²) in [6.07, 6.45) is 0.745. The molecular weight excluding hydrogens is 524 g/mol. The number of hydrogen-bond donors (Lipinski definition) is 1. The molecule has 1 N–H and O–H groups in total. The number of ether oxygens (including phenoxy) is 2. The van der Waals surface area contributed by atoms with Crippen LogP contribution in [0.1, 0.15) is 56.0 Å². The normalized spacial score (nSPS) is 20.2. The minimum absolute atomic E-state index is 0.0389. The second kappa shape index (κ2) is 9.48. The zero-order valence-corrected chi connectivity index (χ0v) is 23.8. The molecule has 1 fully saturated rings. The quantitative estimate of drug-likeness (QED) is 0.175. The van der Waals surface area contributed by atoms with E-state index in [9.17, 15) is 14.7 Å². The molecule has 0 saturated carbocycles. The van der Waals surface area contributed by atoms with Crippen molar-refractivity contribution in [3.8, 4) is 11.5 Å². The molecule has 40 heavy (non-hydrogen) atoms. The van der Waals surface area contributed by atoms with Gasteiger partial charge in [-0.3, -0.25) is 14.5 Å². The van der Waals surface area contributed by atoms with Crippen LogP contribution in [-0.2, 0) is 21.4 Å². The van der Waals surface area contributed by atoms with Gasteiger partial charge in [-0.25, -0.2) is 4.98 Å². The SMILES string of the molecule is COc1ccc2nc(N3C(=O)C(=O)C(=C(O)c4ccc5c(c4)C[C@H](C)O5)[C@@H]3c3ccc(C(C)(C)C)cc3)sc2c1. The van der Waals surface area contributed by atoms with E-state index in [-0.39, 0.29) is 22.9 Å². The number of nitrogens with zero attached hydrogens (tertiary/aromatic N) is 2. The molecule has 0 bridgehead atoms. The third kappa shape index (κ3) is 4.32. The lowest BCUT2D eigenvalue weighted by molar-refractivity contribution is -0.132. The molecule has 204 valence electrons. The van der Waals surface area contributed by atoms with E-state index in [2.05, 4.69) is 20.8 Å². The van der Waals surface area contributed by atoms with E-state index in [1.165, 1.54) is 16.2 Å². The van der Waals surface area contributed by atoms with Crippen molar-refractivity contribution in [1.29, 1.82) is 0 Å². The van der Waals surface area contributed by atoms with Crippen molar-refractivity contribution >= 4 is 44.1 Å². The number of Topliss-reactive ketones (excluding diaryl/α,β-unsaturated/α-hetero) is 1. The van der Waals surface area contributed by atoms with Gasteiger partial charge in [0.15, 0.2) is 5.13 Å². The van der Waals surface area contributed by atoms with Crippen LogP contribution in [0.25, 0.3) is 16.0 Å². The van der Waals surface area contributed by atoms with Crippen molar-refractivity contribution in [2.75, 3.05) is 12.0 Å². The molecule has 8 heteroatoms. The summed E-state index contributed by atoms with van der Waals surface area (Å²) in [6.45, 7) is 8.37. The monoisotopic (exact) mass is 554 g/mol. The van der Waals surface area contributed by atoms with Crippen molar-refractivity contribution in [1.82, 2.24) is 4.98 Å². The molecule has 2 atom stereocenters. The number of carbonyl (C=O) groups excluding carboxylic acids is 2. The third-order valence-corrected chi connectivity index (χ3v) is 8.51. The van der Waals surface area contributed by atoms with E-state index >= 15 is 0 Å². The Morgan fingerprint density at radius 3 is 2.52 bits per heavy atom. The maximum Gasteiger partial charge on any atom is 0.301 e. The van der Waals surface area contributed by atoms with E-state index in [1.807, 2.05) is 49.4 Å². The Morgan fingerprint density at radius 1 is 1.07 bits per heavy atom. The number of aliphatic hydroxyl groups is 1. The number of rotatable bonds is 4. The van der Waals surface area contributed by atoms with Crippen LogP contribution in [0.2, 0.25) is 0 Å². The van der Waals surface area contributed by atoms with Gasteiger partial charge in [0.25, 0.3) is 5.78 Å². The number of fused-ring (bicyclic) bond motifs is 2. The van der Waals surface area contributed by atoms with E-state index in [0.717, 1.165) is 21.6 Å². The van der Waals surface area contributed by atoms with Gasteiger partial charge in [0.2, 0.25) is 0 Å². The largest absolute Gasteiger partial charge is 0.507 e. The minimum Gasteiger partial charge on any atom is -0.507 e. The summed E-state index contributed by atoms with van der Waals surface area (Å²) in [5.74, 6) is -0.242. The van der Waals surface area contributed by atoms with Crippen LogP contribution in [0.15, 0.2) is 66.2 Å². The molecule has 3 heterocycles. The molecule has 0 radical (unpaired) electrons. The van der Waals surface area contributed by atoms with Crippen LogP contribution in [0.3, 0.4) is 0 Å². The van der Waals surface area contributed by atoms with Crippen LogP contribution in [-0.4, -0.2) is 35.0 Å². The number of anilines is 1. The van der Waals surface area contributed by atoms with Crippen LogP contribution >= 0.6 is 11.3 Å². The number of aromatic nitrogens is 1. The zero-order valence-electron chi connectivity index (χ0n) is 23.0. The first-order valence-electron chi connectivity index (χ1n) is 13.2. The number of methoxy groups -OCH3 is 1. The molecule has 2 aliphatic heterocycles. The lowest BCUT2D eigenvalue weighted by Crippen LogP contribution is -2.29. The highest BCUT2D eigenvalue weighted by molar-refractivity contribution is 7.22. The highest BCUT2D eigenvalue weighted by Crippen LogP contribution is 2.45. The molecule has 2 aliphatic rings. The molecule has 0 aliphatic carbocycles. The van der Waals surface area contributed by atoms with E-state index in [4.69, 9.17) is 14.5 Å². The van der Waals surface area contributed by atoms with Gasteiger partial charge in [0, 0.05) is 12.0 Å². The lowest BCUT2D eigenvalue weighted by atomic mass is 9.85. The number of amides is 1. The first-order chi connectivity index (χ1) is 19.0. The number of carbonyl (C=O) groups is 2. The van der Waals surface area contributed by atoms with Gasteiger partial charge in [-0.1, -0.05) is 56.4 Å². The average Bonchev–Trinajstić information content (AvgIpc) is 3.59. The van der Waals surface area contributed by atoms with Gasteiger partial charge in [-0.15, -0.1) is 0 Å². The topological polar surface area (TPSA) is 89.0 Å². The Bertz CT molecular complexity index is 1700. The predicted octanol–water partition coefficient (Wildman–Crippen LogP) is 6.55. The summed E-state index contributed by atoms with van der Waals surface area (Å²) < 4.78 is 12.0. The van der Waals surface area contributed by atoms with Crippen LogP contribution in [0.5, 0.6) is 11.5 Å². The fourth-order valence-electron chi connectivity index (χ4n) is 5.36. The number of aliphatic hydroxyl groups excluding tert-OH is 1. The van der Waals surface area contributed by atoms with Crippen LogP contribution in [0.4, 0.5) is 5.13 Å². The summed E-state index contributed by atoms with van der Waals surface area (Å²) in [5, 5.41) is 12.0. The van der Waals surface area contributed by atoms with E-state index in [1.54, 1.807) is 25.3 Å². The Morgan fingerprint density at radius 2 is 1.82 bits per heavy atom. The lowest BCUT2D eigenvalue weighted by Gasteiger charge is -2.24. The van der Waals surface area contributed by atoms with Gasteiger partial charge >= 0.3 is 5.91 Å². The molecule has 0 unspecified atom stereocenters.